The highest BCUT2D eigenvalue weighted by Gasteiger charge is 2.04. The molecule has 0 saturated heterocycles. The van der Waals surface area contributed by atoms with Crippen molar-refractivity contribution in [2.45, 2.75) is 13.3 Å². The largest absolute Gasteiger partial charge is 0.462 e. The van der Waals surface area contributed by atoms with Gasteiger partial charge in [-0.15, -0.1) is 0 Å². The highest BCUT2D eigenvalue weighted by atomic mass is 35.5. The molecule has 0 aliphatic heterocycles. The Balaban J connectivity index is 1.78. The molecule has 0 radical (unpaired) electrons. The van der Waals surface area contributed by atoms with Crippen LogP contribution in [0.3, 0.4) is 0 Å². The summed E-state index contributed by atoms with van der Waals surface area (Å²) in [5, 5.41) is 3.97. The van der Waals surface area contributed by atoms with Gasteiger partial charge in [-0.2, -0.15) is 0 Å². The van der Waals surface area contributed by atoms with E-state index in [0.29, 0.717) is 17.2 Å². The molecule has 0 heterocycles. The first-order valence-electron chi connectivity index (χ1n) is 7.44. The van der Waals surface area contributed by atoms with Gasteiger partial charge in [-0.05, 0) is 55.5 Å². The van der Waals surface area contributed by atoms with Crippen molar-refractivity contribution in [1.82, 2.24) is 0 Å². The summed E-state index contributed by atoms with van der Waals surface area (Å²) in [6.45, 7) is 2.91. The molecule has 0 spiro atoms. The Morgan fingerprint density at radius 2 is 1.83 bits per heavy atom. The summed E-state index contributed by atoms with van der Waals surface area (Å²) in [6, 6.07) is 14.7. The number of halogens is 1. The van der Waals surface area contributed by atoms with Crippen LogP contribution in [0, 0.1) is 11.8 Å². The van der Waals surface area contributed by atoms with E-state index in [0.717, 1.165) is 24.2 Å². The second kappa shape index (κ2) is 8.87. The Bertz CT molecular complexity index is 697. The third-order valence-electron chi connectivity index (χ3n) is 3.05. The van der Waals surface area contributed by atoms with Gasteiger partial charge in [0.05, 0.1) is 12.2 Å². The molecule has 118 valence electrons. The van der Waals surface area contributed by atoms with Gasteiger partial charge in [-0.25, -0.2) is 4.79 Å². The molecular formula is C19H18ClNO2. The minimum absolute atomic E-state index is 0.298. The monoisotopic (exact) mass is 327 g/mol. The summed E-state index contributed by atoms with van der Waals surface area (Å²) < 4.78 is 4.94. The maximum atomic E-state index is 11.5. The van der Waals surface area contributed by atoms with Gasteiger partial charge in [0.25, 0.3) is 0 Å². The minimum atomic E-state index is -0.298. The maximum Gasteiger partial charge on any atom is 0.338 e. The van der Waals surface area contributed by atoms with Gasteiger partial charge >= 0.3 is 5.97 Å². The van der Waals surface area contributed by atoms with Gasteiger partial charge in [-0.1, -0.05) is 23.4 Å². The number of nitrogens with one attached hydrogen (secondary N) is 1. The van der Waals surface area contributed by atoms with Crippen LogP contribution in [0.5, 0.6) is 0 Å². The van der Waals surface area contributed by atoms with E-state index >= 15 is 0 Å². The summed E-state index contributed by atoms with van der Waals surface area (Å²) in [4.78, 5) is 11.5. The second-order valence-electron chi connectivity index (χ2n) is 4.78. The molecule has 3 nitrogen and oxygen atoms in total. The third-order valence-corrected chi connectivity index (χ3v) is 3.30. The van der Waals surface area contributed by atoms with Crippen molar-refractivity contribution in [2.24, 2.45) is 0 Å². The van der Waals surface area contributed by atoms with E-state index in [1.165, 1.54) is 0 Å². The fourth-order valence-corrected chi connectivity index (χ4v) is 2.03. The Morgan fingerprint density at radius 1 is 1.13 bits per heavy atom. The number of hydrogen-bond acceptors (Lipinski definition) is 3. The van der Waals surface area contributed by atoms with Crippen molar-refractivity contribution < 1.29 is 9.53 Å². The molecule has 0 fully saturated rings. The van der Waals surface area contributed by atoms with Gasteiger partial charge in [0.2, 0.25) is 0 Å². The summed E-state index contributed by atoms with van der Waals surface area (Å²) >= 11 is 5.82. The van der Waals surface area contributed by atoms with E-state index in [1.807, 2.05) is 36.4 Å². The molecule has 2 rings (SSSR count). The van der Waals surface area contributed by atoms with Crippen molar-refractivity contribution >= 4 is 23.3 Å². The lowest BCUT2D eigenvalue weighted by molar-refractivity contribution is 0.0526. The molecule has 0 aliphatic rings. The van der Waals surface area contributed by atoms with Crippen LogP contribution < -0.4 is 5.32 Å². The number of benzene rings is 2. The number of carbonyl (C=O) groups excluding carboxylic acids is 1. The lowest BCUT2D eigenvalue weighted by Gasteiger charge is -2.05. The quantitative estimate of drug-likeness (QED) is 0.503. The molecule has 0 aliphatic carbocycles. The normalized spacial score (nSPS) is 9.65. The molecule has 2 aromatic rings. The summed E-state index contributed by atoms with van der Waals surface area (Å²) in [6.07, 6.45) is 0.724. The zero-order valence-corrected chi connectivity index (χ0v) is 13.7. The van der Waals surface area contributed by atoms with Crippen LogP contribution in [0.25, 0.3) is 0 Å². The Kier molecular flexibility index (Phi) is 6.53. The predicted molar refractivity (Wildman–Crippen MR) is 93.8 cm³/mol. The molecule has 0 atom stereocenters. The minimum Gasteiger partial charge on any atom is -0.462 e. The van der Waals surface area contributed by atoms with E-state index in [1.54, 1.807) is 19.1 Å². The average molecular weight is 328 g/mol. The Morgan fingerprint density at radius 3 is 2.48 bits per heavy atom. The number of carbonyl (C=O) groups is 1. The first-order chi connectivity index (χ1) is 11.2. The molecule has 0 saturated carbocycles. The van der Waals surface area contributed by atoms with Crippen molar-refractivity contribution in [2.75, 3.05) is 18.5 Å². The van der Waals surface area contributed by atoms with E-state index < -0.39 is 0 Å². The molecule has 0 amide bonds. The molecule has 2 aromatic carbocycles. The van der Waals surface area contributed by atoms with E-state index in [2.05, 4.69) is 17.2 Å². The molecular weight excluding hydrogens is 310 g/mol. The lowest BCUT2D eigenvalue weighted by atomic mass is 10.2. The van der Waals surface area contributed by atoms with E-state index in [-0.39, 0.29) is 5.97 Å². The second-order valence-corrected chi connectivity index (χ2v) is 5.22. The third kappa shape index (κ3) is 5.69. The number of esters is 1. The van der Waals surface area contributed by atoms with E-state index in [4.69, 9.17) is 16.3 Å². The first kappa shape index (κ1) is 16.9. The maximum absolute atomic E-state index is 11.5. The molecule has 0 bridgehead atoms. The molecule has 23 heavy (non-hydrogen) atoms. The SMILES string of the molecule is CCOC(=O)c1ccc(NCCC#Cc2ccc(Cl)cc2)cc1. The molecule has 0 aromatic heterocycles. The van der Waals surface area contributed by atoms with Gasteiger partial charge in [0, 0.05) is 29.2 Å². The van der Waals surface area contributed by atoms with Crippen molar-refractivity contribution in [3.63, 3.8) is 0 Å². The van der Waals surface area contributed by atoms with Crippen LogP contribution in [0.1, 0.15) is 29.3 Å². The molecule has 4 heteroatoms. The van der Waals surface area contributed by atoms with Crippen LogP contribution in [0.4, 0.5) is 5.69 Å². The standard InChI is InChI=1S/C19H18ClNO2/c1-2-23-19(22)16-8-12-18(13-9-16)21-14-4-3-5-15-6-10-17(20)11-7-15/h6-13,21H,2,4,14H2,1H3. The first-order valence-corrected chi connectivity index (χ1v) is 7.82. The van der Waals surface area contributed by atoms with Crippen LogP contribution in [0.2, 0.25) is 5.02 Å². The lowest BCUT2D eigenvalue weighted by Crippen LogP contribution is -2.05. The number of anilines is 1. The zero-order valence-electron chi connectivity index (χ0n) is 12.9. The van der Waals surface area contributed by atoms with E-state index in [9.17, 15) is 4.79 Å². The highest BCUT2D eigenvalue weighted by molar-refractivity contribution is 6.30. The number of ether oxygens (including phenoxy) is 1. The Hall–Kier alpha value is -2.44. The molecule has 1 N–H and O–H groups in total. The summed E-state index contributed by atoms with van der Waals surface area (Å²) in [7, 11) is 0. The van der Waals surface area contributed by atoms with Gasteiger partial charge in [0.1, 0.15) is 0 Å². The number of hydrogen-bond donors (Lipinski definition) is 1. The van der Waals surface area contributed by atoms with Crippen molar-refractivity contribution in [3.05, 3.63) is 64.7 Å². The average Bonchev–Trinajstić information content (AvgIpc) is 2.57. The fourth-order valence-electron chi connectivity index (χ4n) is 1.91. The Labute approximate surface area is 141 Å². The van der Waals surface area contributed by atoms with Crippen LogP contribution in [-0.2, 0) is 4.74 Å². The van der Waals surface area contributed by atoms with Gasteiger partial charge < -0.3 is 10.1 Å². The smallest absolute Gasteiger partial charge is 0.338 e. The predicted octanol–water partition coefficient (Wildman–Crippen LogP) is 4.37. The highest BCUT2D eigenvalue weighted by Crippen LogP contribution is 2.11. The fraction of sp³-hybridized carbons (Fsp3) is 0.211. The van der Waals surface area contributed by atoms with Crippen LogP contribution in [-0.4, -0.2) is 19.1 Å². The summed E-state index contributed by atoms with van der Waals surface area (Å²) in [5.41, 5.74) is 2.46. The number of rotatable bonds is 5. The van der Waals surface area contributed by atoms with Crippen LogP contribution in [0.15, 0.2) is 48.5 Å². The van der Waals surface area contributed by atoms with Crippen LogP contribution >= 0.6 is 11.6 Å². The molecule has 0 unspecified atom stereocenters. The summed E-state index contributed by atoms with van der Waals surface area (Å²) in [5.74, 6) is 5.90. The van der Waals surface area contributed by atoms with Gasteiger partial charge in [0.15, 0.2) is 0 Å². The van der Waals surface area contributed by atoms with Crippen molar-refractivity contribution in [3.8, 4) is 11.8 Å². The van der Waals surface area contributed by atoms with Crippen molar-refractivity contribution in [1.29, 1.82) is 0 Å². The van der Waals surface area contributed by atoms with Gasteiger partial charge in [-0.3, -0.25) is 0 Å². The topological polar surface area (TPSA) is 38.3 Å². The zero-order chi connectivity index (χ0) is 16.5.